The molecule has 1 fully saturated rings. The molecular weight excluding hydrogens is 197 g/mol. The Bertz CT molecular complexity index is 334. The summed E-state index contributed by atoms with van der Waals surface area (Å²) in [7, 11) is 1.70. The van der Waals surface area contributed by atoms with E-state index in [1.54, 1.807) is 7.11 Å². The first-order valence-electron chi connectivity index (χ1n) is 5.06. The van der Waals surface area contributed by atoms with E-state index in [4.69, 9.17) is 4.74 Å². The Morgan fingerprint density at radius 3 is 3.07 bits per heavy atom. The zero-order chi connectivity index (χ0) is 10.7. The molecule has 1 aromatic rings. The molecule has 15 heavy (non-hydrogen) atoms. The molecule has 1 heterocycles. The SMILES string of the molecule is COC1CCCC1Nc1cc(F)ncn1. The number of hydrogen-bond acceptors (Lipinski definition) is 4. The number of rotatable bonds is 3. The second-order valence-corrected chi connectivity index (χ2v) is 3.68. The van der Waals surface area contributed by atoms with E-state index in [-0.39, 0.29) is 12.1 Å². The van der Waals surface area contributed by atoms with Crippen LogP contribution in [0.25, 0.3) is 0 Å². The topological polar surface area (TPSA) is 47.0 Å². The van der Waals surface area contributed by atoms with Crippen LogP contribution in [0.2, 0.25) is 0 Å². The van der Waals surface area contributed by atoms with Crippen LogP contribution in [0.5, 0.6) is 0 Å². The molecule has 1 saturated carbocycles. The van der Waals surface area contributed by atoms with Gasteiger partial charge in [-0.15, -0.1) is 0 Å². The Labute approximate surface area is 87.9 Å². The Morgan fingerprint density at radius 2 is 2.33 bits per heavy atom. The van der Waals surface area contributed by atoms with Crippen molar-refractivity contribution in [2.45, 2.75) is 31.4 Å². The lowest BCUT2D eigenvalue weighted by atomic mass is 10.2. The van der Waals surface area contributed by atoms with E-state index in [9.17, 15) is 4.39 Å². The predicted octanol–water partition coefficient (Wildman–Crippen LogP) is 1.60. The van der Waals surface area contributed by atoms with E-state index in [0.717, 1.165) is 19.3 Å². The molecule has 1 aliphatic carbocycles. The molecule has 0 spiro atoms. The number of aromatic nitrogens is 2. The smallest absolute Gasteiger partial charge is 0.217 e. The molecule has 2 rings (SSSR count). The Morgan fingerprint density at radius 1 is 1.47 bits per heavy atom. The van der Waals surface area contributed by atoms with Gasteiger partial charge in [-0.2, -0.15) is 4.39 Å². The minimum atomic E-state index is -0.514. The second kappa shape index (κ2) is 4.53. The highest BCUT2D eigenvalue weighted by Crippen LogP contribution is 2.24. The van der Waals surface area contributed by atoms with Crippen LogP contribution in [-0.2, 0) is 4.74 Å². The number of ether oxygens (including phenoxy) is 1. The fraction of sp³-hybridized carbons (Fsp3) is 0.600. The highest BCUT2D eigenvalue weighted by Gasteiger charge is 2.27. The molecular formula is C10H14FN3O. The summed E-state index contributed by atoms with van der Waals surface area (Å²) in [5, 5.41) is 3.17. The van der Waals surface area contributed by atoms with Gasteiger partial charge in [-0.3, -0.25) is 0 Å². The Kier molecular flexibility index (Phi) is 3.11. The summed E-state index contributed by atoms with van der Waals surface area (Å²) in [6.07, 6.45) is 4.62. The van der Waals surface area contributed by atoms with Crippen molar-refractivity contribution >= 4 is 5.82 Å². The van der Waals surface area contributed by atoms with Gasteiger partial charge in [0.25, 0.3) is 0 Å². The standard InChI is InChI=1S/C10H14FN3O/c1-15-8-4-2-3-7(8)14-10-5-9(11)12-6-13-10/h5-8H,2-4H2,1H3,(H,12,13,14). The molecule has 4 nitrogen and oxygen atoms in total. The van der Waals surface area contributed by atoms with Crippen molar-refractivity contribution in [2.75, 3.05) is 12.4 Å². The molecule has 0 bridgehead atoms. The molecule has 0 radical (unpaired) electrons. The van der Waals surface area contributed by atoms with E-state index in [1.807, 2.05) is 0 Å². The van der Waals surface area contributed by atoms with Crippen molar-refractivity contribution < 1.29 is 9.13 Å². The second-order valence-electron chi connectivity index (χ2n) is 3.68. The summed E-state index contributed by atoms with van der Waals surface area (Å²) in [4.78, 5) is 7.36. The normalized spacial score (nSPS) is 25.5. The van der Waals surface area contributed by atoms with E-state index < -0.39 is 5.95 Å². The average molecular weight is 211 g/mol. The molecule has 1 aromatic heterocycles. The van der Waals surface area contributed by atoms with Crippen molar-refractivity contribution in [3.8, 4) is 0 Å². The minimum absolute atomic E-state index is 0.197. The summed E-state index contributed by atoms with van der Waals surface area (Å²) >= 11 is 0. The third-order valence-electron chi connectivity index (χ3n) is 2.72. The minimum Gasteiger partial charge on any atom is -0.379 e. The molecule has 1 aliphatic rings. The maximum absolute atomic E-state index is 12.8. The van der Waals surface area contributed by atoms with Crippen LogP contribution >= 0.6 is 0 Å². The van der Waals surface area contributed by atoms with Gasteiger partial charge >= 0.3 is 0 Å². The van der Waals surface area contributed by atoms with E-state index in [1.165, 1.54) is 12.4 Å². The van der Waals surface area contributed by atoms with Gasteiger partial charge in [-0.1, -0.05) is 0 Å². The Hall–Kier alpha value is -1.23. The van der Waals surface area contributed by atoms with Crippen LogP contribution in [-0.4, -0.2) is 29.2 Å². The number of hydrogen-bond donors (Lipinski definition) is 1. The van der Waals surface area contributed by atoms with Crippen LogP contribution in [0.3, 0.4) is 0 Å². The van der Waals surface area contributed by atoms with Gasteiger partial charge in [0.15, 0.2) is 0 Å². The first-order chi connectivity index (χ1) is 7.29. The lowest BCUT2D eigenvalue weighted by Crippen LogP contribution is -2.30. The van der Waals surface area contributed by atoms with Crippen molar-refractivity contribution in [3.05, 3.63) is 18.3 Å². The highest BCUT2D eigenvalue weighted by molar-refractivity contribution is 5.34. The first kappa shape index (κ1) is 10.3. The Balaban J connectivity index is 2.02. The molecule has 2 atom stereocenters. The lowest BCUT2D eigenvalue weighted by molar-refractivity contribution is 0.101. The summed E-state index contributed by atoms with van der Waals surface area (Å²) in [5.74, 6) is 0.0101. The third kappa shape index (κ3) is 2.41. The first-order valence-corrected chi connectivity index (χ1v) is 5.06. The van der Waals surface area contributed by atoms with Gasteiger partial charge in [0.05, 0.1) is 12.1 Å². The van der Waals surface area contributed by atoms with E-state index in [0.29, 0.717) is 5.82 Å². The maximum atomic E-state index is 12.8. The number of nitrogens with zero attached hydrogens (tertiary/aromatic N) is 2. The third-order valence-corrected chi connectivity index (χ3v) is 2.72. The van der Waals surface area contributed by atoms with Gasteiger partial charge in [-0.05, 0) is 19.3 Å². The van der Waals surface area contributed by atoms with Gasteiger partial charge in [0.2, 0.25) is 5.95 Å². The molecule has 0 aromatic carbocycles. The fourth-order valence-electron chi connectivity index (χ4n) is 1.98. The monoisotopic (exact) mass is 211 g/mol. The molecule has 2 unspecified atom stereocenters. The van der Waals surface area contributed by atoms with E-state index >= 15 is 0 Å². The van der Waals surface area contributed by atoms with Gasteiger partial charge in [0, 0.05) is 13.2 Å². The maximum Gasteiger partial charge on any atom is 0.217 e. The summed E-state index contributed by atoms with van der Waals surface area (Å²) < 4.78 is 18.1. The van der Waals surface area contributed by atoms with Gasteiger partial charge in [-0.25, -0.2) is 9.97 Å². The fourth-order valence-corrected chi connectivity index (χ4v) is 1.98. The number of nitrogens with one attached hydrogen (secondary N) is 1. The van der Waals surface area contributed by atoms with Crippen molar-refractivity contribution in [3.63, 3.8) is 0 Å². The van der Waals surface area contributed by atoms with Crippen LogP contribution in [0.15, 0.2) is 12.4 Å². The van der Waals surface area contributed by atoms with Gasteiger partial charge < -0.3 is 10.1 Å². The van der Waals surface area contributed by atoms with Crippen LogP contribution in [0.1, 0.15) is 19.3 Å². The van der Waals surface area contributed by atoms with Crippen LogP contribution in [0, 0.1) is 5.95 Å². The molecule has 82 valence electrons. The summed E-state index contributed by atoms with van der Waals surface area (Å²) in [6.45, 7) is 0. The molecule has 5 heteroatoms. The summed E-state index contributed by atoms with van der Waals surface area (Å²) in [6, 6.07) is 1.52. The number of halogens is 1. The summed E-state index contributed by atoms with van der Waals surface area (Å²) in [5.41, 5.74) is 0. The quantitative estimate of drug-likeness (QED) is 0.771. The average Bonchev–Trinajstić information content (AvgIpc) is 2.65. The van der Waals surface area contributed by atoms with Crippen LogP contribution < -0.4 is 5.32 Å². The number of methoxy groups -OCH3 is 1. The van der Waals surface area contributed by atoms with Crippen molar-refractivity contribution in [2.24, 2.45) is 0 Å². The number of anilines is 1. The van der Waals surface area contributed by atoms with Crippen molar-refractivity contribution in [1.29, 1.82) is 0 Å². The lowest BCUT2D eigenvalue weighted by Gasteiger charge is -2.19. The molecule has 0 amide bonds. The predicted molar refractivity (Wildman–Crippen MR) is 54.0 cm³/mol. The molecule has 0 aliphatic heterocycles. The molecule has 1 N–H and O–H groups in total. The van der Waals surface area contributed by atoms with Crippen molar-refractivity contribution in [1.82, 2.24) is 9.97 Å². The van der Waals surface area contributed by atoms with E-state index in [2.05, 4.69) is 15.3 Å². The largest absolute Gasteiger partial charge is 0.379 e. The highest BCUT2D eigenvalue weighted by atomic mass is 19.1. The van der Waals surface area contributed by atoms with Gasteiger partial charge in [0.1, 0.15) is 12.1 Å². The van der Waals surface area contributed by atoms with Crippen LogP contribution in [0.4, 0.5) is 10.2 Å². The molecule has 0 saturated heterocycles. The zero-order valence-electron chi connectivity index (χ0n) is 8.61. The zero-order valence-corrected chi connectivity index (χ0v) is 8.61.